The first kappa shape index (κ1) is 12.9. The van der Waals surface area contributed by atoms with Crippen molar-refractivity contribution in [3.63, 3.8) is 0 Å². The average Bonchev–Trinajstić information content (AvgIpc) is 2.40. The third-order valence-electron chi connectivity index (χ3n) is 2.32. The predicted molar refractivity (Wildman–Crippen MR) is 66.0 cm³/mol. The molecule has 0 spiro atoms. The molecule has 1 unspecified atom stereocenters. The Morgan fingerprint density at radius 2 is 2.11 bits per heavy atom. The largest absolute Gasteiger partial charge is 0.323 e. The Labute approximate surface area is 107 Å². The van der Waals surface area contributed by atoms with Gasteiger partial charge in [0.05, 0.1) is 5.03 Å². The van der Waals surface area contributed by atoms with E-state index in [4.69, 9.17) is 5.73 Å². The third kappa shape index (κ3) is 3.24. The van der Waals surface area contributed by atoms with Gasteiger partial charge in [-0.25, -0.2) is 18.7 Å². The fraction of sp³-hybridized carbons (Fsp3) is 0.167. The van der Waals surface area contributed by atoms with E-state index in [-0.39, 0.29) is 5.56 Å². The zero-order valence-corrected chi connectivity index (χ0v) is 10.2. The van der Waals surface area contributed by atoms with Gasteiger partial charge in [-0.05, 0) is 24.3 Å². The van der Waals surface area contributed by atoms with Crippen LogP contribution in [-0.2, 0) is 0 Å². The molecule has 0 aliphatic heterocycles. The van der Waals surface area contributed by atoms with E-state index in [0.717, 1.165) is 23.2 Å². The third-order valence-corrected chi connectivity index (χ3v) is 3.39. The van der Waals surface area contributed by atoms with Gasteiger partial charge in [-0.3, -0.25) is 0 Å². The number of hydrogen-bond acceptors (Lipinski definition) is 4. The highest BCUT2D eigenvalue weighted by Gasteiger charge is 2.13. The van der Waals surface area contributed by atoms with Crippen LogP contribution in [0.1, 0.15) is 11.6 Å². The van der Waals surface area contributed by atoms with E-state index in [2.05, 4.69) is 9.97 Å². The standard InChI is InChI=1S/C12H11F2N3S/c13-8-1-2-10(14)9(5-8)11(15)6-18-12-3-4-16-7-17-12/h1-5,7,11H,6,15H2. The Balaban J connectivity index is 2.03. The Morgan fingerprint density at radius 3 is 2.83 bits per heavy atom. The molecular formula is C12H11F2N3S. The van der Waals surface area contributed by atoms with Gasteiger partial charge in [-0.15, -0.1) is 11.8 Å². The molecule has 0 aliphatic rings. The lowest BCUT2D eigenvalue weighted by atomic mass is 10.1. The van der Waals surface area contributed by atoms with Crippen LogP contribution in [0.5, 0.6) is 0 Å². The molecule has 0 bridgehead atoms. The van der Waals surface area contributed by atoms with Gasteiger partial charge >= 0.3 is 0 Å². The summed E-state index contributed by atoms with van der Waals surface area (Å²) in [5.74, 6) is -0.571. The van der Waals surface area contributed by atoms with Crippen molar-refractivity contribution in [3.05, 3.63) is 54.0 Å². The lowest BCUT2D eigenvalue weighted by molar-refractivity contribution is 0.573. The molecule has 1 aromatic heterocycles. The normalized spacial score (nSPS) is 12.4. The van der Waals surface area contributed by atoms with Gasteiger partial charge in [0.2, 0.25) is 0 Å². The molecule has 2 aromatic rings. The van der Waals surface area contributed by atoms with Crippen molar-refractivity contribution in [2.24, 2.45) is 5.73 Å². The molecule has 0 fully saturated rings. The van der Waals surface area contributed by atoms with Crippen molar-refractivity contribution >= 4 is 11.8 Å². The second-order valence-electron chi connectivity index (χ2n) is 3.63. The number of benzene rings is 1. The maximum atomic E-state index is 13.5. The summed E-state index contributed by atoms with van der Waals surface area (Å²) in [5, 5.41) is 0.747. The number of thioether (sulfide) groups is 1. The molecule has 0 aliphatic carbocycles. The first-order valence-corrected chi connectivity index (χ1v) is 6.24. The summed E-state index contributed by atoms with van der Waals surface area (Å²) in [6, 6.07) is 4.43. The molecule has 0 saturated carbocycles. The lowest BCUT2D eigenvalue weighted by Gasteiger charge is -2.12. The number of halogens is 2. The van der Waals surface area contributed by atoms with Gasteiger partial charge in [0, 0.05) is 23.6 Å². The Hall–Kier alpha value is -1.53. The molecule has 94 valence electrons. The van der Waals surface area contributed by atoms with E-state index in [1.54, 1.807) is 12.3 Å². The number of nitrogens with two attached hydrogens (primary N) is 1. The highest BCUT2D eigenvalue weighted by molar-refractivity contribution is 7.99. The Bertz CT molecular complexity index is 522. The van der Waals surface area contributed by atoms with E-state index >= 15 is 0 Å². The van der Waals surface area contributed by atoms with Crippen LogP contribution in [-0.4, -0.2) is 15.7 Å². The number of hydrogen-bond donors (Lipinski definition) is 1. The summed E-state index contributed by atoms with van der Waals surface area (Å²) in [6.07, 6.45) is 3.04. The summed E-state index contributed by atoms with van der Waals surface area (Å²) in [5.41, 5.74) is 6.02. The molecule has 0 amide bonds. The molecule has 3 nitrogen and oxygen atoms in total. The van der Waals surface area contributed by atoms with Crippen molar-refractivity contribution in [3.8, 4) is 0 Å². The zero-order valence-electron chi connectivity index (χ0n) is 9.38. The van der Waals surface area contributed by atoms with Crippen LogP contribution >= 0.6 is 11.8 Å². The maximum absolute atomic E-state index is 13.5. The quantitative estimate of drug-likeness (QED) is 0.683. The van der Waals surface area contributed by atoms with Gasteiger partial charge in [-0.2, -0.15) is 0 Å². The second-order valence-corrected chi connectivity index (χ2v) is 4.67. The van der Waals surface area contributed by atoms with Crippen LogP contribution < -0.4 is 5.73 Å². The van der Waals surface area contributed by atoms with E-state index < -0.39 is 17.7 Å². The minimum Gasteiger partial charge on any atom is -0.323 e. The van der Waals surface area contributed by atoms with Gasteiger partial charge < -0.3 is 5.73 Å². The topological polar surface area (TPSA) is 51.8 Å². The Kier molecular flexibility index (Phi) is 4.22. The van der Waals surface area contributed by atoms with Gasteiger partial charge in [0.25, 0.3) is 0 Å². The SMILES string of the molecule is NC(CSc1ccncn1)c1cc(F)ccc1F. The van der Waals surface area contributed by atoms with Crippen molar-refractivity contribution in [2.75, 3.05) is 5.75 Å². The van der Waals surface area contributed by atoms with Crippen molar-refractivity contribution in [1.82, 2.24) is 9.97 Å². The highest BCUT2D eigenvalue weighted by atomic mass is 32.2. The molecule has 0 saturated heterocycles. The van der Waals surface area contributed by atoms with Crippen LogP contribution in [0.15, 0.2) is 41.8 Å². The summed E-state index contributed by atoms with van der Waals surface area (Å²) in [4.78, 5) is 7.80. The van der Waals surface area contributed by atoms with E-state index in [1.165, 1.54) is 18.1 Å². The van der Waals surface area contributed by atoms with Crippen LogP contribution in [0, 0.1) is 11.6 Å². The molecule has 2 N–H and O–H groups in total. The maximum Gasteiger partial charge on any atom is 0.128 e. The first-order valence-electron chi connectivity index (χ1n) is 5.26. The van der Waals surface area contributed by atoms with Crippen molar-refractivity contribution < 1.29 is 8.78 Å². The molecule has 1 atom stereocenters. The smallest absolute Gasteiger partial charge is 0.128 e. The number of rotatable bonds is 4. The summed E-state index contributed by atoms with van der Waals surface area (Å²) >= 11 is 1.37. The van der Waals surface area contributed by atoms with Gasteiger partial charge in [-0.1, -0.05) is 0 Å². The molecule has 1 aromatic carbocycles. The number of aromatic nitrogens is 2. The first-order chi connectivity index (χ1) is 8.66. The minimum atomic E-state index is -0.583. The summed E-state index contributed by atoms with van der Waals surface area (Å²) in [6.45, 7) is 0. The van der Waals surface area contributed by atoms with Crippen LogP contribution in [0.4, 0.5) is 8.78 Å². The molecule has 2 rings (SSSR count). The minimum absolute atomic E-state index is 0.177. The van der Waals surface area contributed by atoms with Crippen LogP contribution in [0.2, 0.25) is 0 Å². The van der Waals surface area contributed by atoms with Crippen molar-refractivity contribution in [1.29, 1.82) is 0 Å². The van der Waals surface area contributed by atoms with E-state index in [0.29, 0.717) is 5.75 Å². The average molecular weight is 267 g/mol. The van der Waals surface area contributed by atoms with Crippen LogP contribution in [0.3, 0.4) is 0 Å². The fourth-order valence-electron chi connectivity index (χ4n) is 1.43. The Morgan fingerprint density at radius 1 is 1.28 bits per heavy atom. The van der Waals surface area contributed by atoms with E-state index in [1.807, 2.05) is 0 Å². The lowest BCUT2D eigenvalue weighted by Crippen LogP contribution is -2.15. The van der Waals surface area contributed by atoms with Crippen LogP contribution in [0.25, 0.3) is 0 Å². The monoisotopic (exact) mass is 267 g/mol. The number of nitrogens with zero attached hydrogens (tertiary/aromatic N) is 2. The highest BCUT2D eigenvalue weighted by Crippen LogP contribution is 2.23. The van der Waals surface area contributed by atoms with E-state index in [9.17, 15) is 8.78 Å². The molecule has 18 heavy (non-hydrogen) atoms. The predicted octanol–water partition coefficient (Wildman–Crippen LogP) is 2.55. The summed E-state index contributed by atoms with van der Waals surface area (Å²) in [7, 11) is 0. The molecule has 1 heterocycles. The summed E-state index contributed by atoms with van der Waals surface area (Å²) < 4.78 is 26.5. The zero-order chi connectivity index (χ0) is 13.0. The molecular weight excluding hydrogens is 256 g/mol. The molecule has 0 radical (unpaired) electrons. The van der Waals surface area contributed by atoms with Gasteiger partial charge in [0.15, 0.2) is 0 Å². The fourth-order valence-corrected chi connectivity index (χ4v) is 2.24. The van der Waals surface area contributed by atoms with Crippen molar-refractivity contribution in [2.45, 2.75) is 11.1 Å². The van der Waals surface area contributed by atoms with Gasteiger partial charge in [0.1, 0.15) is 18.0 Å². The second kappa shape index (κ2) is 5.88. The molecule has 6 heteroatoms.